The lowest BCUT2D eigenvalue weighted by atomic mass is 10.1. The highest BCUT2D eigenvalue weighted by Crippen LogP contribution is 2.25. The van der Waals surface area contributed by atoms with Gasteiger partial charge in [-0.2, -0.15) is 0 Å². The monoisotopic (exact) mass is 361 g/mol. The second kappa shape index (κ2) is 10.5. The minimum Gasteiger partial charge on any atom is -0.497 e. The molecule has 3 rings (SSSR count). The summed E-state index contributed by atoms with van der Waals surface area (Å²) < 4.78 is 18.5. The van der Waals surface area contributed by atoms with Gasteiger partial charge in [0.05, 0.1) is 7.11 Å². The Morgan fingerprint density at radius 2 is 1.80 bits per heavy atom. The van der Waals surface area contributed by atoms with Gasteiger partial charge >= 0.3 is 0 Å². The minimum atomic E-state index is -0.237. The zero-order chi connectivity index (χ0) is 18.1. The molecule has 25 heavy (non-hydrogen) atoms. The van der Waals surface area contributed by atoms with Crippen molar-refractivity contribution < 1.29 is 9.13 Å². The van der Waals surface area contributed by atoms with Crippen LogP contribution in [-0.4, -0.2) is 19.4 Å². The third-order valence-electron chi connectivity index (χ3n) is 4.45. The van der Waals surface area contributed by atoms with E-state index in [1.54, 1.807) is 24.9 Å². The smallest absolute Gasteiger partial charge is 0.127 e. The SMILES string of the molecule is COc1cc(F)cc(C(C)NC2CCCC2)c1.CSc1ccccc1. The maximum Gasteiger partial charge on any atom is 0.127 e. The maximum absolute atomic E-state index is 13.4. The molecule has 4 heteroatoms. The number of rotatable bonds is 5. The number of ether oxygens (including phenoxy) is 1. The quantitative estimate of drug-likeness (QED) is 0.676. The third kappa shape index (κ3) is 6.71. The number of thioether (sulfide) groups is 1. The molecule has 2 aromatic carbocycles. The van der Waals surface area contributed by atoms with Crippen molar-refractivity contribution in [1.82, 2.24) is 5.32 Å². The first-order chi connectivity index (χ1) is 12.1. The summed E-state index contributed by atoms with van der Waals surface area (Å²) in [7, 11) is 1.56. The molecule has 1 aliphatic rings. The summed E-state index contributed by atoms with van der Waals surface area (Å²) in [5.74, 6) is 0.347. The third-order valence-corrected chi connectivity index (χ3v) is 5.19. The van der Waals surface area contributed by atoms with E-state index in [4.69, 9.17) is 4.74 Å². The Kier molecular flexibility index (Phi) is 8.29. The molecule has 1 unspecified atom stereocenters. The van der Waals surface area contributed by atoms with Gasteiger partial charge < -0.3 is 10.1 Å². The Balaban J connectivity index is 0.000000236. The Morgan fingerprint density at radius 3 is 2.36 bits per heavy atom. The van der Waals surface area contributed by atoms with Gasteiger partial charge in [-0.05, 0) is 55.9 Å². The zero-order valence-electron chi connectivity index (χ0n) is 15.3. The van der Waals surface area contributed by atoms with Gasteiger partial charge in [-0.1, -0.05) is 31.0 Å². The van der Waals surface area contributed by atoms with Crippen molar-refractivity contribution in [2.75, 3.05) is 13.4 Å². The molecule has 1 atom stereocenters. The average Bonchev–Trinajstić information content (AvgIpc) is 3.15. The van der Waals surface area contributed by atoms with E-state index >= 15 is 0 Å². The molecule has 0 bridgehead atoms. The van der Waals surface area contributed by atoms with Crippen LogP contribution in [0.3, 0.4) is 0 Å². The van der Waals surface area contributed by atoms with E-state index in [2.05, 4.69) is 30.6 Å². The molecule has 2 nitrogen and oxygen atoms in total. The van der Waals surface area contributed by atoms with Crippen molar-refractivity contribution in [2.45, 2.75) is 49.6 Å². The van der Waals surface area contributed by atoms with E-state index < -0.39 is 0 Å². The van der Waals surface area contributed by atoms with Crippen molar-refractivity contribution in [1.29, 1.82) is 0 Å². The maximum atomic E-state index is 13.4. The first-order valence-corrected chi connectivity index (χ1v) is 10.0. The van der Waals surface area contributed by atoms with Gasteiger partial charge in [0.15, 0.2) is 0 Å². The Hall–Kier alpha value is -1.52. The number of methoxy groups -OCH3 is 1. The van der Waals surface area contributed by atoms with Crippen LogP contribution in [0.5, 0.6) is 5.75 Å². The minimum absolute atomic E-state index is 0.169. The van der Waals surface area contributed by atoms with E-state index in [-0.39, 0.29) is 11.9 Å². The van der Waals surface area contributed by atoms with Crippen LogP contribution >= 0.6 is 11.8 Å². The standard InChI is InChI=1S/C14H20FNO.C7H8S/c1-10(16-13-5-3-4-6-13)11-7-12(15)9-14(8-11)17-2;1-8-7-5-3-2-4-6-7/h7-10,13,16H,3-6H2,1-2H3;2-6H,1H3. The second-order valence-electron chi connectivity index (χ2n) is 6.31. The molecule has 0 radical (unpaired) electrons. The van der Waals surface area contributed by atoms with Crippen molar-refractivity contribution in [2.24, 2.45) is 0 Å². The van der Waals surface area contributed by atoms with E-state index in [0.717, 1.165) is 5.56 Å². The Bertz CT molecular complexity index is 629. The lowest BCUT2D eigenvalue weighted by Gasteiger charge is -2.20. The van der Waals surface area contributed by atoms with Crippen molar-refractivity contribution in [3.05, 3.63) is 59.9 Å². The number of benzene rings is 2. The summed E-state index contributed by atoms with van der Waals surface area (Å²) in [6.07, 6.45) is 7.15. The molecular formula is C21H28FNOS. The highest BCUT2D eigenvalue weighted by atomic mass is 32.2. The van der Waals surface area contributed by atoms with Gasteiger partial charge in [0.2, 0.25) is 0 Å². The van der Waals surface area contributed by atoms with Crippen LogP contribution in [0.1, 0.15) is 44.2 Å². The largest absolute Gasteiger partial charge is 0.497 e. The highest BCUT2D eigenvalue weighted by molar-refractivity contribution is 7.98. The Labute approximate surface area is 155 Å². The summed E-state index contributed by atoms with van der Waals surface area (Å²) in [4.78, 5) is 1.33. The van der Waals surface area contributed by atoms with Crippen LogP contribution in [0, 0.1) is 5.82 Å². The van der Waals surface area contributed by atoms with Gasteiger partial charge in [-0.15, -0.1) is 11.8 Å². The van der Waals surface area contributed by atoms with E-state index in [1.807, 2.05) is 24.3 Å². The second-order valence-corrected chi connectivity index (χ2v) is 7.19. The molecular weight excluding hydrogens is 333 g/mol. The van der Waals surface area contributed by atoms with E-state index in [9.17, 15) is 4.39 Å². The summed E-state index contributed by atoms with van der Waals surface area (Å²) in [6, 6.07) is 16.0. The van der Waals surface area contributed by atoms with Gasteiger partial charge in [0, 0.05) is 23.0 Å². The van der Waals surface area contributed by atoms with Gasteiger partial charge in [-0.25, -0.2) is 4.39 Å². The lowest BCUT2D eigenvalue weighted by molar-refractivity contribution is 0.407. The van der Waals surface area contributed by atoms with Crippen LogP contribution in [0.4, 0.5) is 4.39 Å². The topological polar surface area (TPSA) is 21.3 Å². The van der Waals surface area contributed by atoms with Gasteiger partial charge in [0.25, 0.3) is 0 Å². The van der Waals surface area contributed by atoms with Crippen LogP contribution in [-0.2, 0) is 0 Å². The first kappa shape index (κ1) is 19.8. The average molecular weight is 362 g/mol. The fourth-order valence-electron chi connectivity index (χ4n) is 3.05. The lowest BCUT2D eigenvalue weighted by Crippen LogP contribution is -2.28. The molecule has 1 fully saturated rings. The van der Waals surface area contributed by atoms with Crippen molar-refractivity contribution >= 4 is 11.8 Å². The molecule has 136 valence electrons. The summed E-state index contributed by atoms with van der Waals surface area (Å²) in [5, 5.41) is 3.55. The van der Waals surface area contributed by atoms with Gasteiger partial charge in [0.1, 0.15) is 11.6 Å². The van der Waals surface area contributed by atoms with Crippen LogP contribution in [0.25, 0.3) is 0 Å². The molecule has 0 aromatic heterocycles. The molecule has 2 aromatic rings. The molecule has 0 saturated heterocycles. The van der Waals surface area contributed by atoms with E-state index in [0.29, 0.717) is 11.8 Å². The normalized spacial score (nSPS) is 15.4. The molecule has 1 N–H and O–H groups in total. The highest BCUT2D eigenvalue weighted by Gasteiger charge is 2.18. The predicted octanol–water partition coefficient (Wildman–Crippen LogP) is 5.84. The molecule has 0 spiro atoms. The predicted molar refractivity (Wildman–Crippen MR) is 105 cm³/mol. The zero-order valence-corrected chi connectivity index (χ0v) is 16.1. The number of hydrogen-bond acceptors (Lipinski definition) is 3. The van der Waals surface area contributed by atoms with Gasteiger partial charge in [-0.3, -0.25) is 0 Å². The van der Waals surface area contributed by atoms with Crippen LogP contribution < -0.4 is 10.1 Å². The molecule has 1 saturated carbocycles. The summed E-state index contributed by atoms with van der Waals surface area (Å²) in [6.45, 7) is 2.08. The van der Waals surface area contributed by atoms with Crippen molar-refractivity contribution in [3.63, 3.8) is 0 Å². The number of nitrogens with one attached hydrogen (secondary N) is 1. The first-order valence-electron chi connectivity index (χ1n) is 8.82. The fraction of sp³-hybridized carbons (Fsp3) is 0.429. The molecule has 0 aliphatic heterocycles. The van der Waals surface area contributed by atoms with Crippen LogP contribution in [0.15, 0.2) is 53.4 Å². The number of halogens is 1. The molecule has 0 amide bonds. The summed E-state index contributed by atoms with van der Waals surface area (Å²) >= 11 is 1.77. The summed E-state index contributed by atoms with van der Waals surface area (Å²) in [5.41, 5.74) is 0.953. The molecule has 0 heterocycles. The van der Waals surface area contributed by atoms with Crippen molar-refractivity contribution in [3.8, 4) is 5.75 Å². The molecule has 1 aliphatic carbocycles. The Morgan fingerprint density at radius 1 is 1.12 bits per heavy atom. The van der Waals surface area contributed by atoms with E-state index in [1.165, 1.54) is 36.6 Å². The fourth-order valence-corrected chi connectivity index (χ4v) is 3.48. The number of hydrogen-bond donors (Lipinski definition) is 1. The van der Waals surface area contributed by atoms with Crippen LogP contribution in [0.2, 0.25) is 0 Å².